The van der Waals surface area contributed by atoms with Crippen LogP contribution in [0, 0.1) is 17.8 Å². The number of ketones is 1. The van der Waals surface area contributed by atoms with Gasteiger partial charge in [0.05, 0.1) is 0 Å². The van der Waals surface area contributed by atoms with Gasteiger partial charge in [-0.25, -0.2) is 0 Å². The van der Waals surface area contributed by atoms with Crippen LogP contribution < -0.4 is 0 Å². The van der Waals surface area contributed by atoms with Gasteiger partial charge in [-0.3, -0.25) is 4.79 Å². The van der Waals surface area contributed by atoms with Gasteiger partial charge in [0, 0.05) is 18.9 Å². The molecule has 0 aromatic carbocycles. The Hall–Kier alpha value is -0.370. The number of hydrogen-bond donors (Lipinski definition) is 1. The summed E-state index contributed by atoms with van der Waals surface area (Å²) >= 11 is 0. The molecule has 0 radical (unpaired) electrons. The smallest absolute Gasteiger partial charge is 0.135 e. The second-order valence-electron chi connectivity index (χ2n) is 4.50. The number of Topliss-reactive ketones (excluding diaryl/α,β-unsaturated/α-hetero) is 1. The average molecular weight is 186 g/mol. The predicted octanol–water partition coefficient (Wildman–Crippen LogP) is 2.26. The van der Waals surface area contributed by atoms with Crippen molar-refractivity contribution in [3.8, 4) is 0 Å². The third kappa shape index (κ3) is 5.81. The van der Waals surface area contributed by atoms with E-state index in [0.29, 0.717) is 12.3 Å². The van der Waals surface area contributed by atoms with Crippen LogP contribution in [-0.4, -0.2) is 17.5 Å². The Morgan fingerprint density at radius 2 is 1.77 bits per heavy atom. The first-order valence-electron chi connectivity index (χ1n) is 5.10. The molecule has 0 heterocycles. The highest BCUT2D eigenvalue weighted by molar-refractivity contribution is 5.80. The minimum atomic E-state index is 0.0983. The van der Waals surface area contributed by atoms with Gasteiger partial charge in [-0.1, -0.05) is 27.7 Å². The van der Waals surface area contributed by atoms with Gasteiger partial charge in [0.25, 0.3) is 0 Å². The minimum Gasteiger partial charge on any atom is -0.396 e. The van der Waals surface area contributed by atoms with Crippen molar-refractivity contribution >= 4 is 5.78 Å². The van der Waals surface area contributed by atoms with Crippen molar-refractivity contribution in [3.05, 3.63) is 0 Å². The van der Waals surface area contributed by atoms with Gasteiger partial charge in [-0.2, -0.15) is 0 Å². The second kappa shape index (κ2) is 6.14. The lowest BCUT2D eigenvalue weighted by molar-refractivity contribution is -0.123. The number of rotatable bonds is 6. The predicted molar refractivity (Wildman–Crippen MR) is 54.5 cm³/mol. The van der Waals surface area contributed by atoms with Crippen molar-refractivity contribution in [2.75, 3.05) is 6.61 Å². The molecule has 78 valence electrons. The molecule has 0 saturated heterocycles. The number of aliphatic hydroxyl groups is 1. The van der Waals surface area contributed by atoms with E-state index in [4.69, 9.17) is 5.11 Å². The minimum absolute atomic E-state index is 0.0983. The topological polar surface area (TPSA) is 37.3 Å². The molecule has 0 aromatic heterocycles. The van der Waals surface area contributed by atoms with Gasteiger partial charge in [0.2, 0.25) is 0 Å². The maximum Gasteiger partial charge on any atom is 0.135 e. The first kappa shape index (κ1) is 12.6. The zero-order valence-corrected chi connectivity index (χ0v) is 9.21. The largest absolute Gasteiger partial charge is 0.396 e. The van der Waals surface area contributed by atoms with Crippen LogP contribution in [0.3, 0.4) is 0 Å². The Bertz CT molecular complexity index is 150. The van der Waals surface area contributed by atoms with E-state index in [-0.39, 0.29) is 24.2 Å². The summed E-state index contributed by atoms with van der Waals surface area (Å²) in [5, 5.41) is 9.05. The lowest BCUT2D eigenvalue weighted by Gasteiger charge is -2.16. The van der Waals surface area contributed by atoms with Gasteiger partial charge in [-0.05, 0) is 18.3 Å². The molecule has 0 bridgehead atoms. The third-order valence-corrected chi connectivity index (χ3v) is 2.20. The van der Waals surface area contributed by atoms with E-state index >= 15 is 0 Å². The highest BCUT2D eigenvalue weighted by atomic mass is 16.3. The molecule has 0 amide bonds. The van der Waals surface area contributed by atoms with E-state index in [1.165, 1.54) is 0 Å². The highest BCUT2D eigenvalue weighted by Gasteiger charge is 2.16. The normalized spacial score (nSPS) is 13.8. The molecule has 0 rings (SSSR count). The number of carbonyl (C=O) groups excluding carboxylic acids is 1. The van der Waals surface area contributed by atoms with Gasteiger partial charge >= 0.3 is 0 Å². The molecule has 0 aromatic rings. The van der Waals surface area contributed by atoms with Crippen LogP contribution in [0.5, 0.6) is 0 Å². The Labute approximate surface area is 81.3 Å². The van der Waals surface area contributed by atoms with Crippen molar-refractivity contribution in [2.24, 2.45) is 17.8 Å². The first-order valence-corrected chi connectivity index (χ1v) is 5.10. The standard InChI is InChI=1S/C11H22O2/c1-8(2)5-10(7-12)6-11(13)9(3)4/h8-10,12H,5-7H2,1-4H3. The van der Waals surface area contributed by atoms with Gasteiger partial charge in [0.15, 0.2) is 0 Å². The van der Waals surface area contributed by atoms with Gasteiger partial charge < -0.3 is 5.11 Å². The number of carbonyl (C=O) groups is 1. The summed E-state index contributed by atoms with van der Waals surface area (Å²) in [7, 11) is 0. The van der Waals surface area contributed by atoms with Crippen LogP contribution in [0.2, 0.25) is 0 Å². The Balaban J connectivity index is 3.90. The van der Waals surface area contributed by atoms with Gasteiger partial charge in [-0.15, -0.1) is 0 Å². The summed E-state index contributed by atoms with van der Waals surface area (Å²) in [6, 6.07) is 0. The highest BCUT2D eigenvalue weighted by Crippen LogP contribution is 2.17. The van der Waals surface area contributed by atoms with Crippen molar-refractivity contribution in [2.45, 2.75) is 40.5 Å². The summed E-state index contributed by atoms with van der Waals surface area (Å²) in [6.45, 7) is 8.18. The van der Waals surface area contributed by atoms with Crippen molar-refractivity contribution in [3.63, 3.8) is 0 Å². The number of aliphatic hydroxyl groups excluding tert-OH is 1. The number of hydrogen-bond acceptors (Lipinski definition) is 2. The summed E-state index contributed by atoms with van der Waals surface area (Å²) < 4.78 is 0. The molecule has 0 aliphatic rings. The summed E-state index contributed by atoms with van der Waals surface area (Å²) in [4.78, 5) is 11.4. The van der Waals surface area contributed by atoms with Crippen molar-refractivity contribution < 1.29 is 9.90 Å². The maximum absolute atomic E-state index is 11.4. The molecule has 1 unspecified atom stereocenters. The van der Waals surface area contributed by atoms with Crippen molar-refractivity contribution in [1.29, 1.82) is 0 Å². The molecule has 0 spiro atoms. The van der Waals surface area contributed by atoms with Crippen LogP contribution in [0.25, 0.3) is 0 Å². The van der Waals surface area contributed by atoms with Crippen molar-refractivity contribution in [1.82, 2.24) is 0 Å². The van der Waals surface area contributed by atoms with Crippen LogP contribution in [0.1, 0.15) is 40.5 Å². The van der Waals surface area contributed by atoms with Gasteiger partial charge in [0.1, 0.15) is 5.78 Å². The Kier molecular flexibility index (Phi) is 5.97. The molecular formula is C11H22O2. The monoisotopic (exact) mass is 186 g/mol. The van der Waals surface area contributed by atoms with Crippen LogP contribution in [0.4, 0.5) is 0 Å². The molecule has 1 atom stereocenters. The van der Waals surface area contributed by atoms with Crippen LogP contribution >= 0.6 is 0 Å². The van der Waals surface area contributed by atoms with E-state index < -0.39 is 0 Å². The zero-order valence-electron chi connectivity index (χ0n) is 9.21. The Morgan fingerprint density at radius 3 is 2.08 bits per heavy atom. The Morgan fingerprint density at radius 1 is 1.23 bits per heavy atom. The quantitative estimate of drug-likeness (QED) is 0.691. The SMILES string of the molecule is CC(C)CC(CO)CC(=O)C(C)C. The molecule has 0 fully saturated rings. The molecular weight excluding hydrogens is 164 g/mol. The summed E-state index contributed by atoms with van der Waals surface area (Å²) in [6.07, 6.45) is 1.47. The summed E-state index contributed by atoms with van der Waals surface area (Å²) in [5.74, 6) is 1.08. The second-order valence-corrected chi connectivity index (χ2v) is 4.50. The molecule has 2 heteroatoms. The zero-order chi connectivity index (χ0) is 10.4. The fourth-order valence-electron chi connectivity index (χ4n) is 1.41. The molecule has 0 aliphatic heterocycles. The van der Waals surface area contributed by atoms with E-state index in [9.17, 15) is 4.79 Å². The fourth-order valence-corrected chi connectivity index (χ4v) is 1.41. The van der Waals surface area contributed by atoms with E-state index in [0.717, 1.165) is 6.42 Å². The molecule has 0 saturated carbocycles. The first-order chi connectivity index (χ1) is 5.97. The van der Waals surface area contributed by atoms with E-state index in [1.807, 2.05) is 13.8 Å². The molecule has 1 N–H and O–H groups in total. The van der Waals surface area contributed by atoms with E-state index in [1.54, 1.807) is 0 Å². The van der Waals surface area contributed by atoms with Crippen LogP contribution in [0.15, 0.2) is 0 Å². The van der Waals surface area contributed by atoms with Crippen LogP contribution in [-0.2, 0) is 4.79 Å². The lowest BCUT2D eigenvalue weighted by atomic mass is 9.90. The molecule has 0 aliphatic carbocycles. The van der Waals surface area contributed by atoms with E-state index in [2.05, 4.69) is 13.8 Å². The lowest BCUT2D eigenvalue weighted by Crippen LogP contribution is -2.17. The fraction of sp³-hybridized carbons (Fsp3) is 0.909. The molecule has 13 heavy (non-hydrogen) atoms. The molecule has 2 nitrogen and oxygen atoms in total. The third-order valence-electron chi connectivity index (χ3n) is 2.20. The maximum atomic E-state index is 11.4. The average Bonchev–Trinajstić information content (AvgIpc) is 2.02. The summed E-state index contributed by atoms with van der Waals surface area (Å²) in [5.41, 5.74) is 0.